The van der Waals surface area contributed by atoms with Gasteiger partial charge in [0.1, 0.15) is 0 Å². The number of anilines is 1. The number of aromatic nitrogens is 1. The van der Waals surface area contributed by atoms with Crippen molar-refractivity contribution in [3.05, 3.63) is 64.5 Å². The molecule has 2 aromatic carbocycles. The topological polar surface area (TPSA) is 79.4 Å². The number of aryl methyl sites for hydroxylation is 2. The maximum absolute atomic E-state index is 12.6. The Balaban J connectivity index is 1.47. The van der Waals surface area contributed by atoms with Crippen LogP contribution in [0, 0.1) is 13.8 Å². The standard InChI is InChI=1S/C22H23N3O3S2/c1-15-5-10-19(16(2)13-15)20-14-29-22(23-20)24-21(26)17-6-8-18(9-7-17)30(27,28)25-11-3-4-12-25/h5-10,13-14H,3-4,11-12H2,1-2H3,(H,23,24,26). The van der Waals surface area contributed by atoms with Crippen molar-refractivity contribution in [1.29, 1.82) is 0 Å². The number of hydrogen-bond acceptors (Lipinski definition) is 5. The molecule has 8 heteroatoms. The highest BCUT2D eigenvalue weighted by Crippen LogP contribution is 2.28. The first-order valence-electron chi connectivity index (χ1n) is 9.79. The van der Waals surface area contributed by atoms with E-state index in [0.717, 1.165) is 29.7 Å². The second-order valence-electron chi connectivity index (χ2n) is 7.45. The second kappa shape index (κ2) is 8.29. The molecule has 0 radical (unpaired) electrons. The molecule has 0 aliphatic carbocycles. The van der Waals surface area contributed by atoms with Crippen LogP contribution in [0.2, 0.25) is 0 Å². The van der Waals surface area contributed by atoms with Gasteiger partial charge in [0.25, 0.3) is 5.91 Å². The van der Waals surface area contributed by atoms with Gasteiger partial charge in [0.15, 0.2) is 5.13 Å². The van der Waals surface area contributed by atoms with Gasteiger partial charge in [-0.25, -0.2) is 13.4 Å². The molecule has 156 valence electrons. The average molecular weight is 442 g/mol. The van der Waals surface area contributed by atoms with E-state index in [4.69, 9.17) is 0 Å². The summed E-state index contributed by atoms with van der Waals surface area (Å²) >= 11 is 1.36. The molecule has 0 atom stereocenters. The van der Waals surface area contributed by atoms with E-state index >= 15 is 0 Å². The zero-order valence-electron chi connectivity index (χ0n) is 16.9. The lowest BCUT2D eigenvalue weighted by Gasteiger charge is -2.15. The number of amides is 1. The molecular formula is C22H23N3O3S2. The number of nitrogens with one attached hydrogen (secondary N) is 1. The molecule has 1 aromatic heterocycles. The predicted molar refractivity (Wildman–Crippen MR) is 119 cm³/mol. The quantitative estimate of drug-likeness (QED) is 0.634. The molecule has 0 spiro atoms. The molecule has 1 fully saturated rings. The Kier molecular flexibility index (Phi) is 5.73. The fraction of sp³-hybridized carbons (Fsp3) is 0.273. The molecule has 1 N–H and O–H groups in total. The average Bonchev–Trinajstić information content (AvgIpc) is 3.41. The summed E-state index contributed by atoms with van der Waals surface area (Å²) < 4.78 is 26.7. The highest BCUT2D eigenvalue weighted by atomic mass is 32.2. The Morgan fingerprint density at radius 3 is 2.43 bits per heavy atom. The smallest absolute Gasteiger partial charge is 0.257 e. The number of hydrogen-bond donors (Lipinski definition) is 1. The van der Waals surface area contributed by atoms with Crippen LogP contribution in [0.3, 0.4) is 0 Å². The van der Waals surface area contributed by atoms with Gasteiger partial charge in [0.2, 0.25) is 10.0 Å². The highest BCUT2D eigenvalue weighted by molar-refractivity contribution is 7.89. The van der Waals surface area contributed by atoms with Gasteiger partial charge in [-0.1, -0.05) is 23.8 Å². The first-order valence-corrected chi connectivity index (χ1v) is 12.1. The van der Waals surface area contributed by atoms with Gasteiger partial charge in [-0.2, -0.15) is 4.31 Å². The van der Waals surface area contributed by atoms with Crippen LogP contribution in [0.4, 0.5) is 5.13 Å². The van der Waals surface area contributed by atoms with Crippen molar-refractivity contribution in [2.45, 2.75) is 31.6 Å². The minimum absolute atomic E-state index is 0.215. The van der Waals surface area contributed by atoms with Crippen LogP contribution in [0.1, 0.15) is 34.3 Å². The Morgan fingerprint density at radius 2 is 1.77 bits per heavy atom. The predicted octanol–water partition coefficient (Wildman–Crippen LogP) is 4.46. The number of thiazole rings is 1. The highest BCUT2D eigenvalue weighted by Gasteiger charge is 2.27. The van der Waals surface area contributed by atoms with Crippen LogP contribution in [-0.2, 0) is 10.0 Å². The third kappa shape index (κ3) is 4.16. The largest absolute Gasteiger partial charge is 0.298 e. The summed E-state index contributed by atoms with van der Waals surface area (Å²) in [4.78, 5) is 17.3. The van der Waals surface area contributed by atoms with Crippen LogP contribution in [0.15, 0.2) is 52.7 Å². The van der Waals surface area contributed by atoms with Crippen molar-refractivity contribution >= 4 is 32.4 Å². The monoisotopic (exact) mass is 441 g/mol. The van der Waals surface area contributed by atoms with Gasteiger partial charge in [-0.05, 0) is 56.5 Å². The molecule has 0 saturated carbocycles. The molecule has 2 heterocycles. The van der Waals surface area contributed by atoms with Crippen molar-refractivity contribution in [2.24, 2.45) is 0 Å². The molecule has 3 aromatic rings. The fourth-order valence-electron chi connectivity index (χ4n) is 3.58. The Bertz CT molecular complexity index is 1180. The third-order valence-corrected chi connectivity index (χ3v) is 7.87. The van der Waals surface area contributed by atoms with E-state index in [1.165, 1.54) is 45.5 Å². The minimum Gasteiger partial charge on any atom is -0.298 e. The van der Waals surface area contributed by atoms with Crippen molar-refractivity contribution in [2.75, 3.05) is 18.4 Å². The van der Waals surface area contributed by atoms with Gasteiger partial charge < -0.3 is 0 Å². The van der Waals surface area contributed by atoms with Gasteiger partial charge in [0.05, 0.1) is 10.6 Å². The number of carbonyl (C=O) groups excluding carboxylic acids is 1. The van der Waals surface area contributed by atoms with E-state index in [9.17, 15) is 13.2 Å². The third-order valence-electron chi connectivity index (χ3n) is 5.20. The Morgan fingerprint density at radius 1 is 1.07 bits per heavy atom. The summed E-state index contributed by atoms with van der Waals surface area (Å²) in [7, 11) is -3.48. The lowest BCUT2D eigenvalue weighted by Crippen LogP contribution is -2.27. The maximum atomic E-state index is 12.6. The van der Waals surface area contributed by atoms with Crippen molar-refractivity contribution in [3.63, 3.8) is 0 Å². The lowest BCUT2D eigenvalue weighted by atomic mass is 10.0. The molecule has 30 heavy (non-hydrogen) atoms. The number of sulfonamides is 1. The summed E-state index contributed by atoms with van der Waals surface area (Å²) in [5, 5.41) is 5.22. The van der Waals surface area contributed by atoms with E-state index in [1.54, 1.807) is 0 Å². The molecule has 0 bridgehead atoms. The first kappa shape index (κ1) is 20.7. The number of carbonyl (C=O) groups is 1. The fourth-order valence-corrected chi connectivity index (χ4v) is 5.80. The summed E-state index contributed by atoms with van der Waals surface area (Å²) in [5.41, 5.74) is 4.57. The molecule has 0 unspecified atom stereocenters. The van der Waals surface area contributed by atoms with Crippen molar-refractivity contribution in [1.82, 2.24) is 9.29 Å². The van der Waals surface area contributed by atoms with Crippen molar-refractivity contribution < 1.29 is 13.2 Å². The molecule has 4 rings (SSSR count). The van der Waals surface area contributed by atoms with E-state index in [-0.39, 0.29) is 10.8 Å². The van der Waals surface area contributed by atoms with E-state index < -0.39 is 10.0 Å². The van der Waals surface area contributed by atoms with Crippen LogP contribution in [-0.4, -0.2) is 36.7 Å². The van der Waals surface area contributed by atoms with Crippen LogP contribution < -0.4 is 5.32 Å². The summed E-state index contributed by atoms with van der Waals surface area (Å²) in [6.45, 7) is 5.19. The Labute approximate surface area is 180 Å². The number of benzene rings is 2. The molecule has 1 saturated heterocycles. The van der Waals surface area contributed by atoms with E-state index in [0.29, 0.717) is 23.8 Å². The van der Waals surface area contributed by atoms with E-state index in [2.05, 4.69) is 16.4 Å². The SMILES string of the molecule is Cc1ccc(-c2csc(NC(=O)c3ccc(S(=O)(=O)N4CCCC4)cc3)n2)c(C)c1. The molecule has 1 aliphatic rings. The van der Waals surface area contributed by atoms with E-state index in [1.807, 2.05) is 31.4 Å². The van der Waals surface area contributed by atoms with Gasteiger partial charge in [-0.3, -0.25) is 10.1 Å². The zero-order chi connectivity index (χ0) is 21.3. The summed E-state index contributed by atoms with van der Waals surface area (Å²) in [5.74, 6) is -0.318. The van der Waals surface area contributed by atoms with Crippen LogP contribution >= 0.6 is 11.3 Å². The molecule has 6 nitrogen and oxygen atoms in total. The molecule has 1 amide bonds. The first-order chi connectivity index (χ1) is 14.3. The minimum atomic E-state index is -3.48. The zero-order valence-corrected chi connectivity index (χ0v) is 18.5. The number of rotatable bonds is 5. The van der Waals surface area contributed by atoms with Gasteiger partial charge in [0, 0.05) is 29.6 Å². The number of nitrogens with zero attached hydrogens (tertiary/aromatic N) is 2. The lowest BCUT2D eigenvalue weighted by molar-refractivity contribution is 0.102. The molecular weight excluding hydrogens is 418 g/mol. The van der Waals surface area contributed by atoms with Gasteiger partial charge >= 0.3 is 0 Å². The second-order valence-corrected chi connectivity index (χ2v) is 10.2. The van der Waals surface area contributed by atoms with Crippen LogP contribution in [0.5, 0.6) is 0 Å². The van der Waals surface area contributed by atoms with Crippen LogP contribution in [0.25, 0.3) is 11.3 Å². The summed E-state index contributed by atoms with van der Waals surface area (Å²) in [6.07, 6.45) is 1.77. The van der Waals surface area contributed by atoms with Gasteiger partial charge in [-0.15, -0.1) is 11.3 Å². The molecule has 1 aliphatic heterocycles. The Hall–Kier alpha value is -2.55. The normalized spacial score (nSPS) is 14.7. The maximum Gasteiger partial charge on any atom is 0.257 e. The summed E-state index contributed by atoms with van der Waals surface area (Å²) in [6, 6.07) is 12.2. The van der Waals surface area contributed by atoms with Crippen molar-refractivity contribution in [3.8, 4) is 11.3 Å².